The number of nitrogens with one attached hydrogen (secondary N) is 4. The van der Waals surface area contributed by atoms with Crippen molar-refractivity contribution in [2.24, 2.45) is 0 Å². The average Bonchev–Trinajstić information content (AvgIpc) is 3.19. The fraction of sp³-hybridized carbons (Fsp3) is 0.0870. The summed E-state index contributed by atoms with van der Waals surface area (Å²) in [5.74, 6) is 1.22. The van der Waals surface area contributed by atoms with Gasteiger partial charge in [0.25, 0.3) is 0 Å². The van der Waals surface area contributed by atoms with Gasteiger partial charge in [0.05, 0.1) is 17.4 Å². The van der Waals surface area contributed by atoms with Crippen LogP contribution in [0.2, 0.25) is 0 Å². The van der Waals surface area contributed by atoms with Crippen molar-refractivity contribution in [2.75, 3.05) is 16.0 Å². The highest BCUT2D eigenvalue weighted by atomic mass is 15.1. The molecule has 0 unspecified atom stereocenters. The Hall–Kier alpha value is -4.13. The molecule has 0 fully saturated rings. The molecule has 1 aliphatic heterocycles. The number of anilines is 5. The second-order valence-corrected chi connectivity index (χ2v) is 7.35. The van der Waals surface area contributed by atoms with Crippen LogP contribution in [0, 0.1) is 6.92 Å². The van der Waals surface area contributed by atoms with Gasteiger partial charge in [0.2, 0.25) is 5.95 Å². The molecular weight excluding hydrogens is 374 g/mol. The van der Waals surface area contributed by atoms with Crippen molar-refractivity contribution in [1.82, 2.24) is 20.2 Å². The number of aromatic nitrogens is 4. The number of allylic oxidation sites excluding steroid dienone is 2. The minimum atomic E-state index is 0.522. The van der Waals surface area contributed by atoms with E-state index >= 15 is 0 Å². The van der Waals surface area contributed by atoms with Crippen molar-refractivity contribution in [3.8, 4) is 0 Å². The van der Waals surface area contributed by atoms with Crippen LogP contribution in [0.25, 0.3) is 16.5 Å². The average molecular weight is 395 g/mol. The lowest BCUT2D eigenvalue weighted by molar-refractivity contribution is 1.12. The number of aryl methyl sites for hydroxylation is 1. The van der Waals surface area contributed by atoms with Gasteiger partial charge in [-0.3, -0.25) is 5.10 Å². The number of fused-ring (bicyclic) bond motifs is 2. The molecule has 7 heteroatoms. The van der Waals surface area contributed by atoms with Crippen molar-refractivity contribution in [2.45, 2.75) is 13.8 Å². The molecule has 2 aromatic carbocycles. The zero-order chi connectivity index (χ0) is 20.7. The van der Waals surface area contributed by atoms with Crippen molar-refractivity contribution in [1.29, 1.82) is 0 Å². The van der Waals surface area contributed by atoms with Gasteiger partial charge in [0, 0.05) is 34.2 Å². The molecule has 0 saturated carbocycles. The molecule has 0 spiro atoms. The van der Waals surface area contributed by atoms with Crippen molar-refractivity contribution < 1.29 is 0 Å². The van der Waals surface area contributed by atoms with Crippen LogP contribution in [0.3, 0.4) is 0 Å². The van der Waals surface area contributed by atoms with Crippen molar-refractivity contribution in [3.63, 3.8) is 0 Å². The number of nitrogens with zero attached hydrogens (tertiary/aromatic N) is 3. The molecule has 0 saturated heterocycles. The first kappa shape index (κ1) is 17.9. The Labute approximate surface area is 174 Å². The summed E-state index contributed by atoms with van der Waals surface area (Å²) >= 11 is 0. The SMILES string of the molecule is C=C1C=C(C)c2cc(Nc3nccc(Nc4cccc5[nH]ncc45)n3)cc(C)c2N1. The second-order valence-electron chi connectivity index (χ2n) is 7.35. The number of rotatable bonds is 4. The van der Waals surface area contributed by atoms with Gasteiger partial charge in [-0.05, 0) is 61.4 Å². The van der Waals surface area contributed by atoms with Crippen LogP contribution in [0.4, 0.5) is 28.8 Å². The van der Waals surface area contributed by atoms with E-state index in [0.717, 1.165) is 44.8 Å². The van der Waals surface area contributed by atoms with Crippen LogP contribution >= 0.6 is 0 Å². The molecule has 3 heterocycles. The lowest BCUT2D eigenvalue weighted by atomic mass is 9.96. The predicted octanol–water partition coefficient (Wildman–Crippen LogP) is 5.49. The van der Waals surface area contributed by atoms with E-state index in [-0.39, 0.29) is 0 Å². The quantitative estimate of drug-likeness (QED) is 0.365. The first-order chi connectivity index (χ1) is 14.6. The molecule has 148 valence electrons. The number of hydrogen-bond donors (Lipinski definition) is 4. The summed E-state index contributed by atoms with van der Waals surface area (Å²) in [7, 11) is 0. The van der Waals surface area contributed by atoms with Crippen molar-refractivity contribution in [3.05, 3.63) is 78.3 Å². The first-order valence-electron chi connectivity index (χ1n) is 9.65. The number of benzene rings is 2. The summed E-state index contributed by atoms with van der Waals surface area (Å²) < 4.78 is 0. The monoisotopic (exact) mass is 395 g/mol. The van der Waals surface area contributed by atoms with Crippen LogP contribution in [-0.2, 0) is 0 Å². The Morgan fingerprint density at radius 1 is 1.07 bits per heavy atom. The molecule has 0 aliphatic carbocycles. The Morgan fingerprint density at radius 2 is 1.97 bits per heavy atom. The molecule has 0 amide bonds. The molecule has 2 aromatic heterocycles. The topological polar surface area (TPSA) is 90.5 Å². The minimum absolute atomic E-state index is 0.522. The van der Waals surface area contributed by atoms with Crippen molar-refractivity contribution >= 4 is 45.3 Å². The van der Waals surface area contributed by atoms with Gasteiger partial charge in [0.15, 0.2) is 0 Å². The molecule has 0 atom stereocenters. The normalized spacial score (nSPS) is 12.9. The Bertz CT molecular complexity index is 1320. The number of H-pyrrole nitrogens is 1. The summed E-state index contributed by atoms with van der Waals surface area (Å²) in [6, 6.07) is 12.0. The Balaban J connectivity index is 1.43. The predicted molar refractivity (Wildman–Crippen MR) is 122 cm³/mol. The lowest BCUT2D eigenvalue weighted by Crippen LogP contribution is -2.08. The van der Waals surface area contributed by atoms with Crippen LogP contribution in [0.5, 0.6) is 0 Å². The lowest BCUT2D eigenvalue weighted by Gasteiger charge is -2.22. The third kappa shape index (κ3) is 3.26. The summed E-state index contributed by atoms with van der Waals surface area (Å²) in [5, 5.41) is 18.1. The van der Waals surface area contributed by atoms with E-state index in [4.69, 9.17) is 0 Å². The van der Waals surface area contributed by atoms with E-state index in [1.165, 1.54) is 5.57 Å². The fourth-order valence-corrected chi connectivity index (χ4v) is 3.70. The third-order valence-corrected chi connectivity index (χ3v) is 5.10. The maximum Gasteiger partial charge on any atom is 0.229 e. The summed E-state index contributed by atoms with van der Waals surface area (Å²) in [5.41, 5.74) is 8.27. The van der Waals surface area contributed by atoms with Crippen LogP contribution in [0.15, 0.2) is 67.1 Å². The van der Waals surface area contributed by atoms with E-state index in [1.54, 1.807) is 12.4 Å². The molecular formula is C23H21N7. The minimum Gasteiger partial charge on any atom is -0.355 e. The number of hydrogen-bond acceptors (Lipinski definition) is 6. The first-order valence-corrected chi connectivity index (χ1v) is 9.65. The summed E-state index contributed by atoms with van der Waals surface area (Å²) in [4.78, 5) is 9.00. The largest absolute Gasteiger partial charge is 0.355 e. The summed E-state index contributed by atoms with van der Waals surface area (Å²) in [6.45, 7) is 8.18. The van der Waals surface area contributed by atoms with E-state index < -0.39 is 0 Å². The molecule has 30 heavy (non-hydrogen) atoms. The van der Waals surface area contributed by atoms with Gasteiger partial charge in [-0.2, -0.15) is 10.1 Å². The second kappa shape index (κ2) is 7.04. The van der Waals surface area contributed by atoms with Crippen LogP contribution in [0.1, 0.15) is 18.1 Å². The highest BCUT2D eigenvalue weighted by Gasteiger charge is 2.15. The van der Waals surface area contributed by atoms with E-state index in [2.05, 4.69) is 68.7 Å². The highest BCUT2D eigenvalue weighted by Crippen LogP contribution is 2.36. The van der Waals surface area contributed by atoms with Crippen LogP contribution in [-0.4, -0.2) is 20.2 Å². The van der Waals surface area contributed by atoms with E-state index in [9.17, 15) is 0 Å². The molecule has 4 N–H and O–H groups in total. The molecule has 4 aromatic rings. The third-order valence-electron chi connectivity index (χ3n) is 5.10. The molecule has 7 nitrogen and oxygen atoms in total. The van der Waals surface area contributed by atoms with Gasteiger partial charge < -0.3 is 16.0 Å². The van der Waals surface area contributed by atoms with Gasteiger partial charge in [0.1, 0.15) is 5.82 Å². The van der Waals surface area contributed by atoms with Gasteiger partial charge >= 0.3 is 0 Å². The van der Waals surface area contributed by atoms with Crippen LogP contribution < -0.4 is 16.0 Å². The maximum atomic E-state index is 4.62. The summed E-state index contributed by atoms with van der Waals surface area (Å²) in [6.07, 6.45) is 5.57. The standard InChI is InChI=1S/C23H21N7/c1-13-9-15(3)26-22-14(2)10-16(11-17(13)22)27-23-24-8-7-21(29-23)28-19-5-4-6-20-18(19)12-25-30-20/h4-12,26H,3H2,1-2H3,(H,25,30)(H2,24,27,28,29). The zero-order valence-corrected chi connectivity index (χ0v) is 16.7. The number of aromatic amines is 1. The van der Waals surface area contributed by atoms with E-state index in [1.807, 2.05) is 30.3 Å². The van der Waals surface area contributed by atoms with E-state index in [0.29, 0.717) is 11.8 Å². The maximum absolute atomic E-state index is 4.62. The van der Waals surface area contributed by atoms with Gasteiger partial charge in [-0.1, -0.05) is 12.6 Å². The molecule has 0 radical (unpaired) electrons. The molecule has 0 bridgehead atoms. The Morgan fingerprint density at radius 3 is 2.87 bits per heavy atom. The molecule has 1 aliphatic rings. The Kier molecular flexibility index (Phi) is 4.21. The smallest absolute Gasteiger partial charge is 0.229 e. The van der Waals surface area contributed by atoms with Gasteiger partial charge in [-0.25, -0.2) is 4.98 Å². The zero-order valence-electron chi connectivity index (χ0n) is 16.7. The molecule has 5 rings (SSSR count). The highest BCUT2D eigenvalue weighted by molar-refractivity contribution is 5.92. The van der Waals surface area contributed by atoms with Gasteiger partial charge in [-0.15, -0.1) is 0 Å². The fourth-order valence-electron chi connectivity index (χ4n) is 3.70.